The molecule has 1 aromatic carbocycles. The van der Waals surface area contributed by atoms with E-state index in [1.807, 2.05) is 0 Å². The number of hydrogen-bond donors (Lipinski definition) is 1. The van der Waals surface area contributed by atoms with Gasteiger partial charge >= 0.3 is 0 Å². The third-order valence-corrected chi connectivity index (χ3v) is 3.60. The number of aryl methyl sites for hydroxylation is 1. The number of hydrogen-bond acceptors (Lipinski definition) is 2. The van der Waals surface area contributed by atoms with Crippen LogP contribution < -0.4 is 5.32 Å². The van der Waals surface area contributed by atoms with E-state index in [0.29, 0.717) is 0 Å². The molecule has 1 aliphatic rings. The van der Waals surface area contributed by atoms with Crippen LogP contribution in [-0.4, -0.2) is 30.6 Å². The van der Waals surface area contributed by atoms with E-state index in [1.165, 1.54) is 24.1 Å². The van der Waals surface area contributed by atoms with Crippen LogP contribution >= 0.6 is 0 Å². The van der Waals surface area contributed by atoms with Crippen LogP contribution in [0.4, 0.5) is 0 Å². The molecule has 1 fully saturated rings. The van der Waals surface area contributed by atoms with E-state index < -0.39 is 0 Å². The van der Waals surface area contributed by atoms with Crippen molar-refractivity contribution in [2.24, 2.45) is 0 Å². The summed E-state index contributed by atoms with van der Waals surface area (Å²) in [7, 11) is 0. The minimum atomic E-state index is 0.751. The monoisotopic (exact) mass is 232 g/mol. The number of benzene rings is 1. The predicted octanol–water partition coefficient (Wildman–Crippen LogP) is 2.43. The Morgan fingerprint density at radius 1 is 1.12 bits per heavy atom. The summed E-state index contributed by atoms with van der Waals surface area (Å²) < 4.78 is 0. The molecule has 94 valence electrons. The molecule has 0 saturated carbocycles. The summed E-state index contributed by atoms with van der Waals surface area (Å²) in [6.07, 6.45) is 2.37. The molecule has 0 amide bonds. The number of rotatable bonds is 6. The molecule has 0 atom stereocenters. The standard InChI is InChI=1S/C15H24N2/c1-3-9-17(15-10-16-11-15)12-14-7-5-13(4-2)6-8-14/h5-8,15-16H,3-4,9-12H2,1-2H3. The highest BCUT2D eigenvalue weighted by Crippen LogP contribution is 2.13. The Labute approximate surface area is 105 Å². The highest BCUT2D eigenvalue weighted by Gasteiger charge is 2.23. The van der Waals surface area contributed by atoms with Crippen LogP contribution in [0.3, 0.4) is 0 Å². The van der Waals surface area contributed by atoms with Gasteiger partial charge in [0.05, 0.1) is 0 Å². The van der Waals surface area contributed by atoms with Crippen LogP contribution in [-0.2, 0) is 13.0 Å². The molecule has 1 N–H and O–H groups in total. The molecule has 0 aromatic heterocycles. The zero-order chi connectivity index (χ0) is 12.1. The molecule has 2 nitrogen and oxygen atoms in total. The highest BCUT2D eigenvalue weighted by atomic mass is 15.2. The molecule has 0 spiro atoms. The van der Waals surface area contributed by atoms with Crippen LogP contribution in [0, 0.1) is 0 Å². The molecule has 1 heterocycles. The van der Waals surface area contributed by atoms with Crippen molar-refractivity contribution in [2.75, 3.05) is 19.6 Å². The first-order valence-corrected chi connectivity index (χ1v) is 6.86. The van der Waals surface area contributed by atoms with E-state index in [0.717, 1.165) is 32.1 Å². The topological polar surface area (TPSA) is 15.3 Å². The quantitative estimate of drug-likeness (QED) is 0.810. The van der Waals surface area contributed by atoms with Gasteiger partial charge in [-0.25, -0.2) is 0 Å². The second-order valence-corrected chi connectivity index (χ2v) is 4.95. The number of nitrogens with zero attached hydrogens (tertiary/aromatic N) is 1. The maximum absolute atomic E-state index is 3.36. The molecular formula is C15H24N2. The second kappa shape index (κ2) is 6.18. The first-order valence-electron chi connectivity index (χ1n) is 6.86. The van der Waals surface area contributed by atoms with Crippen molar-refractivity contribution < 1.29 is 0 Å². The van der Waals surface area contributed by atoms with Crippen molar-refractivity contribution in [3.8, 4) is 0 Å². The summed E-state index contributed by atoms with van der Waals surface area (Å²) in [5, 5.41) is 3.36. The first kappa shape index (κ1) is 12.6. The van der Waals surface area contributed by atoms with Gasteiger partial charge in [-0.15, -0.1) is 0 Å². The third-order valence-electron chi connectivity index (χ3n) is 3.60. The van der Waals surface area contributed by atoms with Crippen LogP contribution in [0.25, 0.3) is 0 Å². The molecule has 17 heavy (non-hydrogen) atoms. The molecule has 1 aromatic rings. The highest BCUT2D eigenvalue weighted by molar-refractivity contribution is 5.22. The number of nitrogens with one attached hydrogen (secondary N) is 1. The van der Waals surface area contributed by atoms with Gasteiger partial charge in [-0.1, -0.05) is 38.1 Å². The molecule has 1 aliphatic heterocycles. The average molecular weight is 232 g/mol. The Morgan fingerprint density at radius 3 is 2.24 bits per heavy atom. The van der Waals surface area contributed by atoms with E-state index in [9.17, 15) is 0 Å². The van der Waals surface area contributed by atoms with Crippen molar-refractivity contribution in [1.82, 2.24) is 10.2 Å². The van der Waals surface area contributed by atoms with Gasteiger partial charge in [0.15, 0.2) is 0 Å². The molecular weight excluding hydrogens is 208 g/mol. The van der Waals surface area contributed by atoms with Gasteiger partial charge in [-0.2, -0.15) is 0 Å². The van der Waals surface area contributed by atoms with E-state index in [-0.39, 0.29) is 0 Å². The van der Waals surface area contributed by atoms with Crippen molar-refractivity contribution in [2.45, 2.75) is 39.3 Å². The molecule has 0 radical (unpaired) electrons. The molecule has 0 bridgehead atoms. The summed E-state index contributed by atoms with van der Waals surface area (Å²) >= 11 is 0. The minimum absolute atomic E-state index is 0.751. The van der Waals surface area contributed by atoms with Crippen molar-refractivity contribution >= 4 is 0 Å². The molecule has 1 saturated heterocycles. The molecule has 0 aliphatic carbocycles. The Balaban J connectivity index is 1.95. The van der Waals surface area contributed by atoms with E-state index >= 15 is 0 Å². The maximum atomic E-state index is 3.36. The Hall–Kier alpha value is -0.860. The summed E-state index contributed by atoms with van der Waals surface area (Å²) in [4.78, 5) is 2.61. The summed E-state index contributed by atoms with van der Waals surface area (Å²) in [5.41, 5.74) is 2.88. The lowest BCUT2D eigenvalue weighted by atomic mass is 10.1. The van der Waals surface area contributed by atoms with Crippen molar-refractivity contribution in [1.29, 1.82) is 0 Å². The normalized spacial score (nSPS) is 16.2. The first-order chi connectivity index (χ1) is 8.33. The van der Waals surface area contributed by atoms with Crippen molar-refractivity contribution in [3.05, 3.63) is 35.4 Å². The van der Waals surface area contributed by atoms with Gasteiger partial charge in [0.2, 0.25) is 0 Å². The fraction of sp³-hybridized carbons (Fsp3) is 0.600. The zero-order valence-electron chi connectivity index (χ0n) is 11.1. The van der Waals surface area contributed by atoms with Crippen molar-refractivity contribution in [3.63, 3.8) is 0 Å². The lowest BCUT2D eigenvalue weighted by molar-refractivity contribution is 0.138. The Kier molecular flexibility index (Phi) is 4.57. The van der Waals surface area contributed by atoms with Crippen LogP contribution in [0.2, 0.25) is 0 Å². The smallest absolute Gasteiger partial charge is 0.0348 e. The summed E-state index contributed by atoms with van der Waals surface area (Å²) in [6.45, 7) is 9.10. The lowest BCUT2D eigenvalue weighted by Crippen LogP contribution is -2.56. The lowest BCUT2D eigenvalue weighted by Gasteiger charge is -2.38. The van der Waals surface area contributed by atoms with Gasteiger partial charge in [-0.05, 0) is 30.5 Å². The van der Waals surface area contributed by atoms with Crippen LogP contribution in [0.5, 0.6) is 0 Å². The second-order valence-electron chi connectivity index (χ2n) is 4.95. The third kappa shape index (κ3) is 3.30. The average Bonchev–Trinajstić information content (AvgIpc) is 2.28. The Morgan fingerprint density at radius 2 is 1.76 bits per heavy atom. The molecule has 2 rings (SSSR count). The van der Waals surface area contributed by atoms with Crippen LogP contribution in [0.15, 0.2) is 24.3 Å². The molecule has 2 heteroatoms. The maximum Gasteiger partial charge on any atom is 0.0348 e. The van der Waals surface area contributed by atoms with Gasteiger partial charge in [-0.3, -0.25) is 4.90 Å². The summed E-state index contributed by atoms with van der Waals surface area (Å²) in [5.74, 6) is 0. The van der Waals surface area contributed by atoms with Crippen LogP contribution in [0.1, 0.15) is 31.4 Å². The largest absolute Gasteiger partial charge is 0.314 e. The van der Waals surface area contributed by atoms with Gasteiger partial charge in [0, 0.05) is 25.7 Å². The van der Waals surface area contributed by atoms with E-state index in [4.69, 9.17) is 0 Å². The van der Waals surface area contributed by atoms with E-state index in [1.54, 1.807) is 0 Å². The van der Waals surface area contributed by atoms with Gasteiger partial charge in [0.1, 0.15) is 0 Å². The molecule has 0 unspecified atom stereocenters. The minimum Gasteiger partial charge on any atom is -0.314 e. The van der Waals surface area contributed by atoms with E-state index in [2.05, 4.69) is 48.3 Å². The fourth-order valence-electron chi connectivity index (χ4n) is 2.32. The van der Waals surface area contributed by atoms with Gasteiger partial charge < -0.3 is 5.32 Å². The van der Waals surface area contributed by atoms with Gasteiger partial charge in [0.25, 0.3) is 0 Å². The SMILES string of the molecule is CCCN(Cc1ccc(CC)cc1)C1CNC1. The summed E-state index contributed by atoms with van der Waals surface area (Å²) in [6, 6.07) is 9.85. The zero-order valence-corrected chi connectivity index (χ0v) is 11.1. The Bertz CT molecular complexity index is 327. The predicted molar refractivity (Wildman–Crippen MR) is 73.2 cm³/mol. The fourth-order valence-corrected chi connectivity index (χ4v) is 2.32.